The third-order valence-electron chi connectivity index (χ3n) is 5.34. The highest BCUT2D eigenvalue weighted by Crippen LogP contribution is 2.23. The lowest BCUT2D eigenvalue weighted by molar-refractivity contribution is -0.135. The number of piperazine rings is 1. The lowest BCUT2D eigenvalue weighted by Crippen LogP contribution is -2.51. The predicted molar refractivity (Wildman–Crippen MR) is 105 cm³/mol. The van der Waals surface area contributed by atoms with Crippen molar-refractivity contribution in [2.45, 2.75) is 32.9 Å². The Morgan fingerprint density at radius 1 is 1.30 bits per heavy atom. The maximum atomic E-state index is 13.0. The zero-order valence-corrected chi connectivity index (χ0v) is 16.8. The second-order valence-corrected chi connectivity index (χ2v) is 7.30. The van der Waals surface area contributed by atoms with Gasteiger partial charge in [-0.2, -0.15) is 0 Å². The first kappa shape index (κ1) is 19.5. The number of nitrogens with zero attached hydrogens (tertiary/aromatic N) is 5. The molecule has 1 aliphatic heterocycles. The molecule has 1 aliphatic rings. The Kier molecular flexibility index (Phi) is 6.23. The van der Waals surface area contributed by atoms with Gasteiger partial charge in [0.1, 0.15) is 11.6 Å². The van der Waals surface area contributed by atoms with Crippen molar-refractivity contribution in [2.24, 2.45) is 7.05 Å². The zero-order chi connectivity index (χ0) is 19.4. The van der Waals surface area contributed by atoms with E-state index in [4.69, 9.17) is 0 Å². The normalized spacial score (nSPS) is 17.5. The molecule has 27 heavy (non-hydrogen) atoms. The highest BCUT2D eigenvalue weighted by Gasteiger charge is 2.28. The number of rotatable bonds is 6. The van der Waals surface area contributed by atoms with E-state index in [1.54, 1.807) is 0 Å². The summed E-state index contributed by atoms with van der Waals surface area (Å²) in [6.07, 6.45) is 1.03. The Hall–Kier alpha value is -2.25. The van der Waals surface area contributed by atoms with E-state index in [1.807, 2.05) is 35.4 Å². The average molecular weight is 371 g/mol. The summed E-state index contributed by atoms with van der Waals surface area (Å²) in [7, 11) is 3.90. The van der Waals surface area contributed by atoms with Crippen LogP contribution in [0.25, 0.3) is 0 Å². The number of nitrogens with one attached hydrogen (secondary N) is 1. The maximum absolute atomic E-state index is 13.0. The maximum Gasteiger partial charge on any atom is 0.237 e. The highest BCUT2D eigenvalue weighted by molar-refractivity contribution is 5.79. The summed E-state index contributed by atoms with van der Waals surface area (Å²) in [5, 5.41) is 11.7. The molecule has 3 rings (SSSR count). The first-order valence-electron chi connectivity index (χ1n) is 9.62. The van der Waals surface area contributed by atoms with E-state index in [2.05, 4.69) is 46.7 Å². The molecule has 146 valence electrons. The molecular formula is C20H30N6O. The van der Waals surface area contributed by atoms with E-state index in [-0.39, 0.29) is 11.9 Å². The number of hydrogen-bond donors (Lipinski definition) is 1. The number of likely N-dealkylation sites (N-methyl/N-ethyl adjacent to an activating group) is 1. The SMILES string of the molecule is CCc1ccc(C2CNCCN2C(=O)CN(C)Cc2nnc(C)n2C)cc1. The Morgan fingerprint density at radius 3 is 2.67 bits per heavy atom. The molecule has 1 saturated heterocycles. The van der Waals surface area contributed by atoms with Crippen LogP contribution in [0.15, 0.2) is 24.3 Å². The van der Waals surface area contributed by atoms with Gasteiger partial charge < -0.3 is 14.8 Å². The Balaban J connectivity index is 1.66. The lowest BCUT2D eigenvalue weighted by Gasteiger charge is -2.37. The van der Waals surface area contributed by atoms with Crippen molar-refractivity contribution >= 4 is 5.91 Å². The second kappa shape index (κ2) is 8.63. The Bertz CT molecular complexity index is 769. The van der Waals surface area contributed by atoms with Gasteiger partial charge in [-0.1, -0.05) is 31.2 Å². The molecule has 2 heterocycles. The largest absolute Gasteiger partial charge is 0.332 e. The van der Waals surface area contributed by atoms with Crippen LogP contribution < -0.4 is 5.32 Å². The number of aromatic nitrogens is 3. The van der Waals surface area contributed by atoms with E-state index in [1.165, 1.54) is 11.1 Å². The van der Waals surface area contributed by atoms with Crippen LogP contribution in [0.5, 0.6) is 0 Å². The van der Waals surface area contributed by atoms with Gasteiger partial charge in [0.05, 0.1) is 19.1 Å². The molecular weight excluding hydrogens is 340 g/mol. The van der Waals surface area contributed by atoms with Gasteiger partial charge in [-0.25, -0.2) is 0 Å². The van der Waals surface area contributed by atoms with Gasteiger partial charge in [0.25, 0.3) is 0 Å². The van der Waals surface area contributed by atoms with Gasteiger partial charge in [0, 0.05) is 26.7 Å². The molecule has 1 aromatic carbocycles. The van der Waals surface area contributed by atoms with Crippen molar-refractivity contribution in [3.8, 4) is 0 Å². The third-order valence-corrected chi connectivity index (χ3v) is 5.34. The van der Waals surface area contributed by atoms with Gasteiger partial charge in [-0.15, -0.1) is 10.2 Å². The highest BCUT2D eigenvalue weighted by atomic mass is 16.2. The molecule has 7 nitrogen and oxygen atoms in total. The van der Waals surface area contributed by atoms with Crippen LogP contribution in [0.2, 0.25) is 0 Å². The minimum absolute atomic E-state index is 0.0858. The van der Waals surface area contributed by atoms with E-state index >= 15 is 0 Å². The molecule has 0 aliphatic carbocycles. The molecule has 0 radical (unpaired) electrons. The standard InChI is InChI=1S/C20H30N6O/c1-5-16-6-8-17(9-7-16)18-12-21-10-11-26(18)20(27)14-24(3)13-19-23-22-15(2)25(19)4/h6-9,18,21H,5,10-14H2,1-4H3. The fourth-order valence-corrected chi connectivity index (χ4v) is 3.48. The molecule has 2 aromatic rings. The molecule has 7 heteroatoms. The third kappa shape index (κ3) is 4.54. The topological polar surface area (TPSA) is 66.3 Å². The number of amides is 1. The fourth-order valence-electron chi connectivity index (χ4n) is 3.48. The van der Waals surface area contributed by atoms with Crippen LogP contribution in [0.1, 0.15) is 35.7 Å². The zero-order valence-electron chi connectivity index (χ0n) is 16.8. The summed E-state index contributed by atoms with van der Waals surface area (Å²) in [5.74, 6) is 1.90. The molecule has 1 unspecified atom stereocenters. The van der Waals surface area contributed by atoms with E-state index < -0.39 is 0 Å². The summed E-state index contributed by atoms with van der Waals surface area (Å²) in [6, 6.07) is 8.72. The first-order valence-corrected chi connectivity index (χ1v) is 9.62. The van der Waals surface area contributed by atoms with E-state index in [0.29, 0.717) is 13.1 Å². The van der Waals surface area contributed by atoms with Crippen LogP contribution in [-0.4, -0.2) is 63.7 Å². The summed E-state index contributed by atoms with van der Waals surface area (Å²) < 4.78 is 1.96. The minimum atomic E-state index is 0.0858. The number of carbonyl (C=O) groups is 1. The number of benzene rings is 1. The summed E-state index contributed by atoms with van der Waals surface area (Å²) in [4.78, 5) is 17.0. The van der Waals surface area contributed by atoms with Gasteiger partial charge >= 0.3 is 0 Å². The Labute approximate surface area is 161 Å². The van der Waals surface area contributed by atoms with E-state index in [0.717, 1.165) is 37.7 Å². The summed E-state index contributed by atoms with van der Waals surface area (Å²) in [6.45, 7) is 7.42. The van der Waals surface area contributed by atoms with Crippen molar-refractivity contribution in [3.63, 3.8) is 0 Å². The van der Waals surface area contributed by atoms with Crippen molar-refractivity contribution in [2.75, 3.05) is 33.2 Å². The van der Waals surface area contributed by atoms with Crippen LogP contribution in [0.3, 0.4) is 0 Å². The number of aryl methyl sites for hydroxylation is 2. The molecule has 0 saturated carbocycles. The lowest BCUT2D eigenvalue weighted by atomic mass is 10.0. The molecule has 1 amide bonds. The first-order chi connectivity index (χ1) is 13.0. The summed E-state index contributed by atoms with van der Waals surface area (Å²) in [5.41, 5.74) is 2.51. The molecule has 1 fully saturated rings. The van der Waals surface area contributed by atoms with Crippen LogP contribution in [0.4, 0.5) is 0 Å². The summed E-state index contributed by atoms with van der Waals surface area (Å²) >= 11 is 0. The van der Waals surface area contributed by atoms with Crippen LogP contribution >= 0.6 is 0 Å². The van der Waals surface area contributed by atoms with Crippen molar-refractivity contribution in [1.82, 2.24) is 29.9 Å². The van der Waals surface area contributed by atoms with Crippen LogP contribution in [-0.2, 0) is 24.8 Å². The molecule has 1 atom stereocenters. The number of carbonyl (C=O) groups excluding carboxylic acids is 1. The molecule has 0 spiro atoms. The smallest absolute Gasteiger partial charge is 0.237 e. The van der Waals surface area contributed by atoms with Crippen molar-refractivity contribution < 1.29 is 4.79 Å². The predicted octanol–water partition coefficient (Wildman–Crippen LogP) is 1.29. The fraction of sp³-hybridized carbons (Fsp3) is 0.550. The monoisotopic (exact) mass is 370 g/mol. The van der Waals surface area contributed by atoms with Gasteiger partial charge in [0.15, 0.2) is 0 Å². The minimum Gasteiger partial charge on any atom is -0.332 e. The molecule has 1 aromatic heterocycles. The van der Waals surface area contributed by atoms with Gasteiger partial charge in [-0.05, 0) is 31.5 Å². The Morgan fingerprint density at radius 2 is 2.04 bits per heavy atom. The van der Waals surface area contributed by atoms with E-state index in [9.17, 15) is 4.79 Å². The van der Waals surface area contributed by atoms with Crippen LogP contribution in [0, 0.1) is 6.92 Å². The second-order valence-electron chi connectivity index (χ2n) is 7.30. The quantitative estimate of drug-likeness (QED) is 0.830. The van der Waals surface area contributed by atoms with Crippen molar-refractivity contribution in [3.05, 3.63) is 47.0 Å². The average Bonchev–Trinajstić information content (AvgIpc) is 3.00. The number of hydrogen-bond acceptors (Lipinski definition) is 5. The molecule has 0 bridgehead atoms. The van der Waals surface area contributed by atoms with Gasteiger partial charge in [0.2, 0.25) is 5.91 Å². The molecule has 1 N–H and O–H groups in total. The van der Waals surface area contributed by atoms with Crippen molar-refractivity contribution in [1.29, 1.82) is 0 Å². The van der Waals surface area contributed by atoms with Gasteiger partial charge in [-0.3, -0.25) is 9.69 Å².